The molecule has 16 heteroatoms. The third-order valence-electron chi connectivity index (χ3n) is 8.16. The molecule has 1 amide bonds. The predicted octanol–water partition coefficient (Wildman–Crippen LogP) is 8.20. The zero-order chi connectivity index (χ0) is 35.7. The Hall–Kier alpha value is -3.73. The highest BCUT2D eigenvalue weighted by molar-refractivity contribution is 6.76. The fourth-order valence-corrected chi connectivity index (χ4v) is 6.24. The standard InChI is InChI=1S/C33H35F7N2O6Si/c1-19(21-11-23(32(35,36)37)13-24(12-21)33(38,39)40)47-31-29(20-5-7-25(34)8-6-20)26-16-42(15-22(26)17-45-31)30(43)27-14-28(41-48-27)46-18-44-9-10-49(2,3)4/h5-8,11-14,19,22,31H,9-10,15-18H2,1-4H3/t19-,22+,31-/m1/s1. The topological polar surface area (TPSA) is 83.3 Å². The van der Waals surface area contributed by atoms with Gasteiger partial charge in [0, 0.05) is 39.3 Å². The van der Waals surface area contributed by atoms with Crippen LogP contribution in [0.2, 0.25) is 25.7 Å². The largest absolute Gasteiger partial charge is 0.448 e. The van der Waals surface area contributed by atoms with Gasteiger partial charge in [0.15, 0.2) is 13.1 Å². The van der Waals surface area contributed by atoms with Crippen LogP contribution in [0.15, 0.2) is 58.6 Å². The second-order valence-electron chi connectivity index (χ2n) is 13.1. The van der Waals surface area contributed by atoms with Crippen LogP contribution in [0.25, 0.3) is 5.57 Å². The highest BCUT2D eigenvalue weighted by Crippen LogP contribution is 2.42. The molecule has 1 saturated heterocycles. The summed E-state index contributed by atoms with van der Waals surface area (Å²) in [5.74, 6) is -1.41. The van der Waals surface area contributed by atoms with Gasteiger partial charge in [-0.05, 0) is 65.2 Å². The van der Waals surface area contributed by atoms with E-state index in [2.05, 4.69) is 24.8 Å². The van der Waals surface area contributed by atoms with E-state index >= 15 is 0 Å². The van der Waals surface area contributed by atoms with E-state index in [1.807, 2.05) is 0 Å². The van der Waals surface area contributed by atoms with Gasteiger partial charge in [-0.2, -0.15) is 26.3 Å². The molecule has 0 unspecified atom stereocenters. The number of ether oxygens (including phenoxy) is 4. The van der Waals surface area contributed by atoms with Gasteiger partial charge in [0.05, 0.1) is 29.9 Å². The number of likely N-dealkylation sites (tertiary alicyclic amines) is 1. The first kappa shape index (κ1) is 36.5. The molecule has 1 aromatic heterocycles. The van der Waals surface area contributed by atoms with Crippen molar-refractivity contribution in [2.75, 3.05) is 33.1 Å². The molecule has 2 aliphatic heterocycles. The van der Waals surface area contributed by atoms with Crippen molar-refractivity contribution in [1.29, 1.82) is 0 Å². The second-order valence-corrected chi connectivity index (χ2v) is 18.7. The van der Waals surface area contributed by atoms with Crippen LogP contribution in [0.1, 0.15) is 45.8 Å². The molecule has 3 atom stereocenters. The van der Waals surface area contributed by atoms with Crippen LogP contribution in [0.4, 0.5) is 30.7 Å². The van der Waals surface area contributed by atoms with Crippen molar-refractivity contribution in [1.82, 2.24) is 10.1 Å². The minimum Gasteiger partial charge on any atom is -0.448 e. The van der Waals surface area contributed by atoms with Crippen molar-refractivity contribution in [2.45, 2.75) is 57.4 Å². The van der Waals surface area contributed by atoms with Crippen molar-refractivity contribution in [3.05, 3.63) is 87.9 Å². The summed E-state index contributed by atoms with van der Waals surface area (Å²) < 4.78 is 123. The highest BCUT2D eigenvalue weighted by atomic mass is 28.3. The summed E-state index contributed by atoms with van der Waals surface area (Å²) in [4.78, 5) is 14.9. The van der Waals surface area contributed by atoms with E-state index in [0.717, 1.165) is 6.04 Å². The lowest BCUT2D eigenvalue weighted by atomic mass is 9.90. The molecular weight excluding hydrogens is 681 g/mol. The summed E-state index contributed by atoms with van der Waals surface area (Å²) in [5, 5.41) is 3.78. The first-order valence-corrected chi connectivity index (χ1v) is 19.1. The Morgan fingerprint density at radius 1 is 1.02 bits per heavy atom. The summed E-state index contributed by atoms with van der Waals surface area (Å²) in [6.45, 7) is 8.70. The molecule has 2 aliphatic rings. The zero-order valence-corrected chi connectivity index (χ0v) is 28.1. The molecule has 49 heavy (non-hydrogen) atoms. The molecule has 0 N–H and O–H groups in total. The smallest absolute Gasteiger partial charge is 0.416 e. The van der Waals surface area contributed by atoms with Gasteiger partial charge in [-0.1, -0.05) is 31.8 Å². The molecule has 1 fully saturated rings. The molecule has 0 spiro atoms. The molecule has 0 aliphatic carbocycles. The van der Waals surface area contributed by atoms with Gasteiger partial charge in [-0.3, -0.25) is 4.79 Å². The molecule has 0 radical (unpaired) electrons. The number of fused-ring (bicyclic) bond motifs is 1. The van der Waals surface area contributed by atoms with Crippen molar-refractivity contribution in [3.63, 3.8) is 0 Å². The monoisotopic (exact) mass is 716 g/mol. The summed E-state index contributed by atoms with van der Waals surface area (Å²) in [5.41, 5.74) is -1.82. The summed E-state index contributed by atoms with van der Waals surface area (Å²) in [6, 6.07) is 8.82. The van der Waals surface area contributed by atoms with E-state index < -0.39 is 55.7 Å². The summed E-state index contributed by atoms with van der Waals surface area (Å²) in [6.07, 6.45) is -12.6. The zero-order valence-electron chi connectivity index (χ0n) is 27.1. The lowest BCUT2D eigenvalue weighted by Gasteiger charge is -2.33. The maximum atomic E-state index is 13.9. The van der Waals surface area contributed by atoms with Crippen LogP contribution in [0.5, 0.6) is 5.88 Å². The number of benzene rings is 2. The lowest BCUT2D eigenvalue weighted by Crippen LogP contribution is -2.32. The second kappa shape index (κ2) is 14.2. The van der Waals surface area contributed by atoms with E-state index in [0.29, 0.717) is 35.4 Å². The van der Waals surface area contributed by atoms with E-state index in [-0.39, 0.29) is 55.7 Å². The van der Waals surface area contributed by atoms with Crippen LogP contribution >= 0.6 is 0 Å². The maximum Gasteiger partial charge on any atom is 0.416 e. The van der Waals surface area contributed by atoms with Gasteiger partial charge in [0.2, 0.25) is 5.76 Å². The van der Waals surface area contributed by atoms with E-state index in [1.54, 1.807) is 0 Å². The van der Waals surface area contributed by atoms with E-state index in [9.17, 15) is 35.5 Å². The Bertz CT molecular complexity index is 1640. The molecule has 8 nitrogen and oxygen atoms in total. The molecule has 2 aromatic carbocycles. The van der Waals surface area contributed by atoms with Gasteiger partial charge >= 0.3 is 12.4 Å². The normalized spacial score (nSPS) is 19.3. The maximum absolute atomic E-state index is 13.9. The number of carbonyl (C=O) groups excluding carboxylic acids is 1. The number of hydrogen-bond donors (Lipinski definition) is 0. The SMILES string of the molecule is C[C@@H](O[C@H]1OC[C@@H]2CN(C(=O)c3cc(OCOCC[Si](C)(C)C)no3)CC2=C1c1ccc(F)cc1)c1cc(C(F)(F)F)cc(C(F)(F)F)c1. The Morgan fingerprint density at radius 2 is 1.67 bits per heavy atom. The average Bonchev–Trinajstić information content (AvgIpc) is 3.67. The van der Waals surface area contributed by atoms with Crippen molar-refractivity contribution in [3.8, 4) is 5.88 Å². The third-order valence-corrected chi connectivity index (χ3v) is 9.86. The Balaban J connectivity index is 1.36. The van der Waals surface area contributed by atoms with Crippen molar-refractivity contribution >= 4 is 19.6 Å². The van der Waals surface area contributed by atoms with Crippen LogP contribution < -0.4 is 4.74 Å². The van der Waals surface area contributed by atoms with Gasteiger partial charge in [0.25, 0.3) is 11.8 Å². The van der Waals surface area contributed by atoms with E-state index in [1.165, 1.54) is 42.2 Å². The number of carbonyl (C=O) groups is 1. The van der Waals surface area contributed by atoms with Crippen LogP contribution in [0.3, 0.4) is 0 Å². The van der Waals surface area contributed by atoms with Gasteiger partial charge < -0.3 is 28.4 Å². The number of nitrogens with zero attached hydrogens (tertiary/aromatic N) is 2. The number of halogens is 7. The van der Waals surface area contributed by atoms with Crippen LogP contribution in [-0.2, 0) is 26.6 Å². The number of hydrogen-bond acceptors (Lipinski definition) is 7. The fraction of sp³-hybridized carbons (Fsp3) is 0.455. The summed E-state index contributed by atoms with van der Waals surface area (Å²) in [7, 11) is -1.28. The van der Waals surface area contributed by atoms with Crippen LogP contribution in [0, 0.1) is 11.7 Å². The first-order valence-electron chi connectivity index (χ1n) is 15.4. The molecule has 5 rings (SSSR count). The third kappa shape index (κ3) is 9.09. The molecular formula is C33H35F7N2O6Si. The Morgan fingerprint density at radius 3 is 2.29 bits per heavy atom. The molecule has 3 aromatic rings. The highest BCUT2D eigenvalue weighted by Gasteiger charge is 2.42. The van der Waals surface area contributed by atoms with Gasteiger partial charge in [-0.25, -0.2) is 4.39 Å². The molecule has 3 heterocycles. The number of amides is 1. The van der Waals surface area contributed by atoms with Gasteiger partial charge in [-0.15, -0.1) is 0 Å². The van der Waals surface area contributed by atoms with Crippen molar-refractivity contribution < 1.29 is 59.0 Å². The molecule has 266 valence electrons. The van der Waals surface area contributed by atoms with Crippen LogP contribution in [-0.4, -0.2) is 63.4 Å². The number of aromatic nitrogens is 1. The summed E-state index contributed by atoms with van der Waals surface area (Å²) >= 11 is 0. The molecule has 0 bridgehead atoms. The van der Waals surface area contributed by atoms with E-state index in [4.69, 9.17) is 23.5 Å². The Kier molecular flexibility index (Phi) is 10.6. The fourth-order valence-electron chi connectivity index (χ4n) is 5.49. The minimum atomic E-state index is -5.04. The lowest BCUT2D eigenvalue weighted by molar-refractivity contribution is -0.147. The first-order chi connectivity index (χ1) is 22.9. The number of rotatable bonds is 11. The minimum absolute atomic E-state index is 0.0249. The van der Waals surface area contributed by atoms with Crippen molar-refractivity contribution in [2.24, 2.45) is 5.92 Å². The number of alkyl halides is 6. The van der Waals surface area contributed by atoms with Gasteiger partial charge in [0.1, 0.15) is 5.82 Å². The predicted molar refractivity (Wildman–Crippen MR) is 165 cm³/mol. The molecule has 0 saturated carbocycles. The average molecular weight is 717 g/mol. The Labute approximate surface area is 278 Å². The quantitative estimate of drug-likeness (QED) is 0.0857.